The fourth-order valence-electron chi connectivity index (χ4n) is 2.28. The first-order valence-corrected chi connectivity index (χ1v) is 7.18. The number of carbonyl (C=O) groups is 2. The second kappa shape index (κ2) is 5.74. The number of hydrogen-bond donors (Lipinski definition) is 1. The van der Waals surface area contributed by atoms with Crippen LogP contribution in [0.15, 0.2) is 22.7 Å². The number of anilines is 1. The second-order valence-corrected chi connectivity index (χ2v) is 5.72. The molecule has 4 nitrogen and oxygen atoms in total. The molecule has 0 radical (unpaired) electrons. The van der Waals surface area contributed by atoms with Gasteiger partial charge >= 0.3 is 0 Å². The van der Waals surface area contributed by atoms with Crippen LogP contribution in [0.25, 0.3) is 0 Å². The zero-order valence-corrected chi connectivity index (χ0v) is 12.7. The van der Waals surface area contributed by atoms with E-state index in [1.807, 2.05) is 32.0 Å². The third-order valence-electron chi connectivity index (χ3n) is 3.07. The fourth-order valence-corrected chi connectivity index (χ4v) is 2.88. The van der Waals surface area contributed by atoms with E-state index in [4.69, 9.17) is 0 Å². The normalized spacial score (nSPS) is 19.1. The predicted molar refractivity (Wildman–Crippen MR) is 77.9 cm³/mol. The lowest BCUT2D eigenvalue weighted by Gasteiger charge is -2.15. The number of halogens is 1. The Labute approximate surface area is 121 Å². The molecule has 102 valence electrons. The van der Waals surface area contributed by atoms with Gasteiger partial charge in [0.25, 0.3) is 5.91 Å². The summed E-state index contributed by atoms with van der Waals surface area (Å²) in [6, 6.07) is 5.43. The number of hydrogen-bond acceptors (Lipinski definition) is 3. The Morgan fingerprint density at radius 1 is 1.37 bits per heavy atom. The summed E-state index contributed by atoms with van der Waals surface area (Å²) in [4.78, 5) is 25.2. The zero-order valence-electron chi connectivity index (χ0n) is 11.1. The quantitative estimate of drug-likeness (QED) is 0.866. The average Bonchev–Trinajstić information content (AvgIpc) is 2.56. The summed E-state index contributed by atoms with van der Waals surface area (Å²) in [6.07, 6.45) is 1.03. The third-order valence-corrected chi connectivity index (χ3v) is 3.53. The summed E-state index contributed by atoms with van der Waals surface area (Å²) in [7, 11) is 0. The van der Waals surface area contributed by atoms with Crippen molar-refractivity contribution in [2.45, 2.75) is 32.7 Å². The molecule has 1 atom stereocenters. The van der Waals surface area contributed by atoms with Crippen LogP contribution in [0.4, 0.5) is 5.69 Å². The average molecular weight is 325 g/mol. The van der Waals surface area contributed by atoms with E-state index in [1.54, 1.807) is 0 Å². The van der Waals surface area contributed by atoms with Crippen LogP contribution in [0, 0.1) is 6.92 Å². The Morgan fingerprint density at radius 3 is 2.74 bits per heavy atom. The van der Waals surface area contributed by atoms with Crippen LogP contribution >= 0.6 is 15.9 Å². The lowest BCUT2D eigenvalue weighted by atomic mass is 10.2. The molecule has 0 saturated carbocycles. The maximum Gasteiger partial charge on any atom is 0.252 e. The van der Waals surface area contributed by atoms with Crippen molar-refractivity contribution in [3.63, 3.8) is 0 Å². The number of nitrogens with zero attached hydrogens (tertiary/aromatic N) is 1. The maximum atomic E-state index is 12.1. The minimum absolute atomic E-state index is 0.0870. The van der Waals surface area contributed by atoms with Crippen molar-refractivity contribution < 1.29 is 9.59 Å². The molecule has 1 aromatic rings. The van der Waals surface area contributed by atoms with Crippen LogP contribution in [-0.2, 0) is 9.59 Å². The summed E-state index contributed by atoms with van der Waals surface area (Å²) in [6.45, 7) is 4.45. The van der Waals surface area contributed by atoms with Crippen LogP contribution in [0.5, 0.6) is 0 Å². The van der Waals surface area contributed by atoms with E-state index in [9.17, 15) is 9.59 Å². The minimum atomic E-state index is -0.437. The summed E-state index contributed by atoms with van der Waals surface area (Å²) < 4.78 is 0.956. The molecule has 1 fully saturated rings. The van der Waals surface area contributed by atoms with E-state index in [2.05, 4.69) is 21.2 Å². The van der Waals surface area contributed by atoms with Gasteiger partial charge in [0.15, 0.2) is 0 Å². The van der Waals surface area contributed by atoms with Gasteiger partial charge < -0.3 is 5.32 Å². The van der Waals surface area contributed by atoms with Crippen LogP contribution < -0.4 is 5.32 Å². The van der Waals surface area contributed by atoms with Gasteiger partial charge in [-0.25, -0.2) is 0 Å². The molecule has 1 unspecified atom stereocenters. The Morgan fingerprint density at radius 2 is 2.11 bits per heavy atom. The highest BCUT2D eigenvalue weighted by Crippen LogP contribution is 2.23. The van der Waals surface area contributed by atoms with Gasteiger partial charge in [-0.3, -0.25) is 14.5 Å². The Kier molecular flexibility index (Phi) is 4.24. The van der Waals surface area contributed by atoms with Gasteiger partial charge in [-0.1, -0.05) is 22.9 Å². The van der Waals surface area contributed by atoms with Crippen molar-refractivity contribution in [2.24, 2.45) is 0 Å². The predicted octanol–water partition coefficient (Wildman–Crippen LogP) is 2.71. The highest BCUT2D eigenvalue weighted by molar-refractivity contribution is 9.10. The van der Waals surface area contributed by atoms with Crippen LogP contribution in [0.1, 0.15) is 25.3 Å². The van der Waals surface area contributed by atoms with Crippen molar-refractivity contribution in [3.05, 3.63) is 28.2 Å². The molecule has 1 N–H and O–H groups in total. The minimum Gasteiger partial charge on any atom is -0.373 e. The molecular formula is C14H17BrN2O2. The van der Waals surface area contributed by atoms with Gasteiger partial charge in [0.2, 0.25) is 5.91 Å². The fraction of sp³-hybridized carbons (Fsp3) is 0.429. The first kappa shape index (κ1) is 14.1. The number of nitrogens with one attached hydrogen (secondary N) is 1. The number of benzene rings is 1. The first-order valence-electron chi connectivity index (χ1n) is 6.39. The van der Waals surface area contributed by atoms with Crippen molar-refractivity contribution in [2.75, 3.05) is 11.9 Å². The van der Waals surface area contributed by atoms with Crippen molar-refractivity contribution in [1.82, 2.24) is 4.90 Å². The number of imide groups is 1. The molecule has 0 spiro atoms. The van der Waals surface area contributed by atoms with Crippen molar-refractivity contribution in [3.8, 4) is 0 Å². The van der Waals surface area contributed by atoms with Gasteiger partial charge in [0, 0.05) is 16.7 Å². The monoisotopic (exact) mass is 324 g/mol. The van der Waals surface area contributed by atoms with Gasteiger partial charge in [0.05, 0.1) is 6.42 Å². The molecule has 0 bridgehead atoms. The topological polar surface area (TPSA) is 49.4 Å². The van der Waals surface area contributed by atoms with E-state index in [0.717, 1.165) is 22.1 Å². The molecule has 19 heavy (non-hydrogen) atoms. The standard InChI is InChI=1S/C14H17BrN2O2/c1-3-4-17-13(18)8-12(14(17)19)16-11-6-9(2)5-10(15)7-11/h5-7,12,16H,3-4,8H2,1-2H3. The molecule has 5 heteroatoms. The van der Waals surface area contributed by atoms with Gasteiger partial charge in [-0.05, 0) is 37.1 Å². The van der Waals surface area contributed by atoms with E-state index in [0.29, 0.717) is 6.54 Å². The Hall–Kier alpha value is -1.36. The molecule has 0 aliphatic carbocycles. The molecule has 1 aliphatic heterocycles. The highest BCUT2D eigenvalue weighted by Gasteiger charge is 2.37. The molecular weight excluding hydrogens is 308 g/mol. The highest BCUT2D eigenvalue weighted by atomic mass is 79.9. The van der Waals surface area contributed by atoms with Crippen molar-refractivity contribution >= 4 is 33.4 Å². The maximum absolute atomic E-state index is 12.1. The number of amides is 2. The number of aryl methyl sites for hydroxylation is 1. The second-order valence-electron chi connectivity index (χ2n) is 4.80. The van der Waals surface area contributed by atoms with Gasteiger partial charge in [0.1, 0.15) is 6.04 Å². The van der Waals surface area contributed by atoms with E-state index < -0.39 is 6.04 Å². The summed E-state index contributed by atoms with van der Waals surface area (Å²) in [5, 5.41) is 3.15. The van der Waals surface area contributed by atoms with Crippen LogP contribution in [0.2, 0.25) is 0 Å². The van der Waals surface area contributed by atoms with E-state index >= 15 is 0 Å². The molecule has 1 aliphatic rings. The lowest BCUT2D eigenvalue weighted by molar-refractivity contribution is -0.138. The largest absolute Gasteiger partial charge is 0.373 e. The van der Waals surface area contributed by atoms with Gasteiger partial charge in [-0.15, -0.1) is 0 Å². The molecule has 1 aromatic carbocycles. The van der Waals surface area contributed by atoms with E-state index in [1.165, 1.54) is 4.90 Å². The molecule has 1 heterocycles. The van der Waals surface area contributed by atoms with Crippen LogP contribution in [-0.4, -0.2) is 29.3 Å². The number of carbonyl (C=O) groups excluding carboxylic acids is 2. The van der Waals surface area contributed by atoms with Crippen LogP contribution in [0.3, 0.4) is 0 Å². The summed E-state index contributed by atoms with van der Waals surface area (Å²) in [5.74, 6) is -0.208. The smallest absolute Gasteiger partial charge is 0.252 e. The lowest BCUT2D eigenvalue weighted by Crippen LogP contribution is -2.35. The summed E-state index contributed by atoms with van der Waals surface area (Å²) in [5.41, 5.74) is 1.95. The number of rotatable bonds is 4. The van der Waals surface area contributed by atoms with Crippen molar-refractivity contribution in [1.29, 1.82) is 0 Å². The molecule has 2 rings (SSSR count). The molecule has 2 amide bonds. The van der Waals surface area contributed by atoms with Gasteiger partial charge in [-0.2, -0.15) is 0 Å². The Balaban J connectivity index is 2.12. The van der Waals surface area contributed by atoms with E-state index in [-0.39, 0.29) is 18.2 Å². The third kappa shape index (κ3) is 3.15. The number of likely N-dealkylation sites (tertiary alicyclic amines) is 1. The molecule has 1 saturated heterocycles. The zero-order chi connectivity index (χ0) is 14.0. The Bertz CT molecular complexity index is 496. The summed E-state index contributed by atoms with van der Waals surface area (Å²) >= 11 is 3.42. The molecule has 0 aromatic heterocycles. The SMILES string of the molecule is CCCN1C(=O)CC(Nc2cc(C)cc(Br)c2)C1=O. The first-order chi connectivity index (χ1) is 9.01.